The zero-order chi connectivity index (χ0) is 7.23. The van der Waals surface area contributed by atoms with Gasteiger partial charge in [-0.3, -0.25) is 0 Å². The topological polar surface area (TPSA) is 21.3 Å². The van der Waals surface area contributed by atoms with E-state index in [1.54, 1.807) is 6.08 Å². The van der Waals surface area contributed by atoms with E-state index in [1.165, 1.54) is 5.57 Å². The Kier molecular flexibility index (Phi) is 3.03. The fourth-order valence-electron chi connectivity index (χ4n) is 0.921. The molecule has 0 amide bonds. The van der Waals surface area contributed by atoms with Gasteiger partial charge in [0.1, 0.15) is 6.61 Å². The molecule has 1 fully saturated rings. The van der Waals surface area contributed by atoms with Gasteiger partial charge in [0.25, 0.3) is 0 Å². The molecule has 2 nitrogen and oxygen atoms in total. The van der Waals surface area contributed by atoms with Crippen molar-refractivity contribution in [3.63, 3.8) is 0 Å². The van der Waals surface area contributed by atoms with Crippen molar-refractivity contribution in [1.29, 1.82) is 0 Å². The molecule has 0 unspecified atom stereocenters. The van der Waals surface area contributed by atoms with Gasteiger partial charge in [-0.15, -0.1) is 0 Å². The van der Waals surface area contributed by atoms with E-state index < -0.39 is 0 Å². The minimum absolute atomic E-state index is 0.615. The maximum atomic E-state index is 5.15. The van der Waals surface area contributed by atoms with Crippen LogP contribution in [0.25, 0.3) is 0 Å². The summed E-state index contributed by atoms with van der Waals surface area (Å²) in [4.78, 5) is 0. The maximum Gasteiger partial charge on any atom is 0.105 e. The predicted octanol–water partition coefficient (Wildman–Crippen LogP) is 1.07. The van der Waals surface area contributed by atoms with Crippen LogP contribution in [0.3, 0.4) is 0 Å². The van der Waals surface area contributed by atoms with Gasteiger partial charge in [-0.25, -0.2) is 0 Å². The number of ether oxygens (including phenoxy) is 1. The van der Waals surface area contributed by atoms with E-state index in [4.69, 9.17) is 4.74 Å². The molecule has 1 aliphatic rings. The molecule has 0 radical (unpaired) electrons. The molecule has 2 heteroatoms. The fraction of sp³-hybridized carbons (Fsp3) is 0.500. The molecule has 1 N–H and O–H groups in total. The third kappa shape index (κ3) is 2.23. The molecule has 0 bridgehead atoms. The van der Waals surface area contributed by atoms with E-state index in [9.17, 15) is 0 Å². The summed E-state index contributed by atoms with van der Waals surface area (Å²) in [5, 5.41) is 3.23. The van der Waals surface area contributed by atoms with Gasteiger partial charge in [-0.05, 0) is 18.5 Å². The number of nitrogens with one attached hydrogen (secondary N) is 1. The molecule has 1 saturated heterocycles. The van der Waals surface area contributed by atoms with Crippen LogP contribution < -0.4 is 5.32 Å². The summed E-state index contributed by atoms with van der Waals surface area (Å²) >= 11 is 0. The second-order valence-corrected chi connectivity index (χ2v) is 2.32. The first kappa shape index (κ1) is 7.35. The van der Waals surface area contributed by atoms with Crippen LogP contribution in [-0.2, 0) is 4.74 Å². The zero-order valence-corrected chi connectivity index (χ0v) is 6.10. The largest absolute Gasteiger partial charge is 0.497 e. The molecule has 10 heavy (non-hydrogen) atoms. The van der Waals surface area contributed by atoms with Crippen molar-refractivity contribution in [2.45, 2.75) is 6.42 Å². The van der Waals surface area contributed by atoms with E-state index in [-0.39, 0.29) is 0 Å². The first-order chi connectivity index (χ1) is 4.93. The minimum atomic E-state index is 0.615. The molecule has 0 aromatic heterocycles. The highest BCUT2D eigenvalue weighted by Gasteiger charge is 2.04. The van der Waals surface area contributed by atoms with Crippen molar-refractivity contribution in [3.8, 4) is 0 Å². The highest BCUT2D eigenvalue weighted by Crippen LogP contribution is 2.04. The molecule has 56 valence electrons. The lowest BCUT2D eigenvalue weighted by atomic mass is 10.3. The first-order valence-electron chi connectivity index (χ1n) is 3.54. The third-order valence-electron chi connectivity index (χ3n) is 1.44. The van der Waals surface area contributed by atoms with Gasteiger partial charge in [-0.1, -0.05) is 12.7 Å². The van der Waals surface area contributed by atoms with Gasteiger partial charge < -0.3 is 10.1 Å². The Bertz CT molecular complexity index is 132. The second-order valence-electron chi connectivity index (χ2n) is 2.32. The normalized spacial score (nSPS) is 21.4. The molecule has 0 saturated carbocycles. The van der Waals surface area contributed by atoms with Crippen molar-refractivity contribution in [2.75, 3.05) is 19.7 Å². The van der Waals surface area contributed by atoms with Gasteiger partial charge >= 0.3 is 0 Å². The van der Waals surface area contributed by atoms with E-state index in [2.05, 4.69) is 11.9 Å². The average Bonchev–Trinajstić information content (AvgIpc) is 2.41. The molecule has 1 rings (SSSR count). The van der Waals surface area contributed by atoms with Crippen LogP contribution in [0.15, 0.2) is 24.5 Å². The SMILES string of the molecule is C=CCOC=C1CCNC1. The van der Waals surface area contributed by atoms with E-state index >= 15 is 0 Å². The molecule has 0 aliphatic carbocycles. The van der Waals surface area contributed by atoms with Gasteiger partial charge in [0.05, 0.1) is 6.26 Å². The van der Waals surface area contributed by atoms with Crippen molar-refractivity contribution in [3.05, 3.63) is 24.5 Å². The second kappa shape index (κ2) is 4.12. The quantitative estimate of drug-likeness (QED) is 0.359. The van der Waals surface area contributed by atoms with Crippen LogP contribution in [0.1, 0.15) is 6.42 Å². The van der Waals surface area contributed by atoms with Crippen molar-refractivity contribution < 1.29 is 4.74 Å². The van der Waals surface area contributed by atoms with E-state index in [1.807, 2.05) is 6.26 Å². The van der Waals surface area contributed by atoms with E-state index in [0.717, 1.165) is 19.5 Å². The Morgan fingerprint density at radius 1 is 1.70 bits per heavy atom. The van der Waals surface area contributed by atoms with Gasteiger partial charge in [0.15, 0.2) is 0 Å². The summed E-state index contributed by atoms with van der Waals surface area (Å²) in [5.74, 6) is 0. The lowest BCUT2D eigenvalue weighted by molar-refractivity contribution is 0.286. The average molecular weight is 139 g/mol. The van der Waals surface area contributed by atoms with Crippen molar-refractivity contribution in [1.82, 2.24) is 5.32 Å². The third-order valence-corrected chi connectivity index (χ3v) is 1.44. The van der Waals surface area contributed by atoms with Gasteiger partial charge in [0, 0.05) is 6.54 Å². The predicted molar refractivity (Wildman–Crippen MR) is 41.7 cm³/mol. The van der Waals surface area contributed by atoms with Crippen LogP contribution in [0.4, 0.5) is 0 Å². The molecule has 0 atom stereocenters. The number of hydrogen-bond donors (Lipinski definition) is 1. The molecule has 0 aromatic rings. The monoisotopic (exact) mass is 139 g/mol. The van der Waals surface area contributed by atoms with Crippen LogP contribution >= 0.6 is 0 Å². The zero-order valence-electron chi connectivity index (χ0n) is 6.10. The summed E-state index contributed by atoms with van der Waals surface area (Å²) in [7, 11) is 0. The van der Waals surface area contributed by atoms with Gasteiger partial charge in [0.2, 0.25) is 0 Å². The fourth-order valence-corrected chi connectivity index (χ4v) is 0.921. The van der Waals surface area contributed by atoms with Crippen LogP contribution in [0.5, 0.6) is 0 Å². The lowest BCUT2D eigenvalue weighted by Gasteiger charge is -1.95. The van der Waals surface area contributed by atoms with Crippen LogP contribution in [0, 0.1) is 0 Å². The number of rotatable bonds is 3. The Hall–Kier alpha value is -0.760. The van der Waals surface area contributed by atoms with E-state index in [0.29, 0.717) is 6.61 Å². The summed E-state index contributed by atoms with van der Waals surface area (Å²) in [6, 6.07) is 0. The molecule has 1 aliphatic heterocycles. The summed E-state index contributed by atoms with van der Waals surface area (Å²) < 4.78 is 5.15. The maximum absolute atomic E-state index is 5.15. The molecular weight excluding hydrogens is 126 g/mol. The lowest BCUT2D eigenvalue weighted by Crippen LogP contribution is -2.04. The summed E-state index contributed by atoms with van der Waals surface area (Å²) in [6.45, 7) is 6.24. The smallest absolute Gasteiger partial charge is 0.105 e. The standard InChI is InChI=1S/C8H13NO/c1-2-5-10-7-8-3-4-9-6-8/h2,7,9H,1,3-6H2. The Balaban J connectivity index is 2.18. The minimum Gasteiger partial charge on any atom is -0.497 e. The summed E-state index contributed by atoms with van der Waals surface area (Å²) in [5.41, 5.74) is 1.35. The summed E-state index contributed by atoms with van der Waals surface area (Å²) in [6.07, 6.45) is 4.71. The van der Waals surface area contributed by atoms with Crippen molar-refractivity contribution >= 4 is 0 Å². The van der Waals surface area contributed by atoms with Gasteiger partial charge in [-0.2, -0.15) is 0 Å². The molecule has 1 heterocycles. The highest BCUT2D eigenvalue weighted by molar-refractivity contribution is 5.05. The molecular formula is C8H13NO. The first-order valence-corrected chi connectivity index (χ1v) is 3.54. The molecule has 0 aromatic carbocycles. The van der Waals surface area contributed by atoms with Crippen LogP contribution in [0.2, 0.25) is 0 Å². The Labute approximate surface area is 61.6 Å². The number of hydrogen-bond acceptors (Lipinski definition) is 2. The van der Waals surface area contributed by atoms with Crippen molar-refractivity contribution in [2.24, 2.45) is 0 Å². The highest BCUT2D eigenvalue weighted by atomic mass is 16.5. The Morgan fingerprint density at radius 2 is 2.60 bits per heavy atom. The molecule has 0 spiro atoms. The Morgan fingerprint density at radius 3 is 3.20 bits per heavy atom. The van der Waals surface area contributed by atoms with Crippen LogP contribution in [-0.4, -0.2) is 19.7 Å².